The van der Waals surface area contributed by atoms with E-state index >= 15 is 0 Å². The zero-order valence-electron chi connectivity index (χ0n) is 13.0. The normalized spacial score (nSPS) is 34.2. The largest absolute Gasteiger partial charge is 0.369 e. The molecule has 2 N–H and O–H groups in total. The average molecular weight is 274 g/mol. The van der Waals surface area contributed by atoms with Crippen molar-refractivity contribution in [2.24, 2.45) is 16.7 Å². The van der Waals surface area contributed by atoms with Crippen molar-refractivity contribution in [1.82, 2.24) is 9.97 Å². The molecule has 2 aliphatic rings. The topological polar surface area (TPSA) is 49.8 Å². The fraction of sp³-hybridized carbons (Fsp3) is 0.750. The van der Waals surface area contributed by atoms with E-state index in [4.69, 9.17) is 0 Å². The quantitative estimate of drug-likeness (QED) is 0.882. The second-order valence-corrected chi connectivity index (χ2v) is 7.31. The summed E-state index contributed by atoms with van der Waals surface area (Å²) < 4.78 is 0. The summed E-state index contributed by atoms with van der Waals surface area (Å²) in [5.41, 5.74) is 0.743. The van der Waals surface area contributed by atoms with Crippen LogP contribution in [0.25, 0.3) is 0 Å². The molecule has 0 aromatic carbocycles. The third kappa shape index (κ3) is 2.05. The Morgan fingerprint density at radius 3 is 2.65 bits per heavy atom. The number of nitrogens with one attached hydrogen (secondary N) is 2. The number of nitrogens with zero attached hydrogens (tertiary/aromatic N) is 2. The molecular weight excluding hydrogens is 248 g/mol. The van der Waals surface area contributed by atoms with Crippen molar-refractivity contribution in [3.63, 3.8) is 0 Å². The van der Waals surface area contributed by atoms with Gasteiger partial charge in [0.15, 0.2) is 0 Å². The number of hydrogen-bond acceptors (Lipinski definition) is 4. The molecular formula is C16H26N4. The maximum atomic E-state index is 4.62. The second kappa shape index (κ2) is 4.61. The molecule has 0 amide bonds. The van der Waals surface area contributed by atoms with E-state index in [1.807, 2.05) is 6.20 Å². The zero-order valence-corrected chi connectivity index (χ0v) is 13.0. The predicted molar refractivity (Wildman–Crippen MR) is 82.8 cm³/mol. The number of rotatable bonds is 4. The van der Waals surface area contributed by atoms with Gasteiger partial charge in [-0.05, 0) is 42.9 Å². The van der Waals surface area contributed by atoms with Crippen molar-refractivity contribution < 1.29 is 0 Å². The van der Waals surface area contributed by atoms with Gasteiger partial charge in [0, 0.05) is 12.6 Å². The lowest BCUT2D eigenvalue weighted by Gasteiger charge is -2.43. The van der Waals surface area contributed by atoms with Crippen molar-refractivity contribution in [3.05, 3.63) is 12.4 Å². The first-order valence-electron chi connectivity index (χ1n) is 7.78. The van der Waals surface area contributed by atoms with E-state index in [0.29, 0.717) is 16.9 Å². The third-order valence-electron chi connectivity index (χ3n) is 5.55. The summed E-state index contributed by atoms with van der Waals surface area (Å²) in [5.74, 6) is 2.59. The van der Waals surface area contributed by atoms with E-state index in [2.05, 4.69) is 48.3 Å². The Morgan fingerprint density at radius 2 is 2.00 bits per heavy atom. The van der Waals surface area contributed by atoms with E-state index in [1.54, 1.807) is 6.20 Å². The van der Waals surface area contributed by atoms with E-state index < -0.39 is 0 Å². The van der Waals surface area contributed by atoms with Gasteiger partial charge in [-0.3, -0.25) is 4.98 Å². The highest BCUT2D eigenvalue weighted by Gasteiger charge is 2.59. The monoisotopic (exact) mass is 274 g/mol. The lowest BCUT2D eigenvalue weighted by atomic mass is 9.68. The van der Waals surface area contributed by atoms with Gasteiger partial charge in [-0.25, -0.2) is 4.98 Å². The van der Waals surface area contributed by atoms with Crippen molar-refractivity contribution in [3.8, 4) is 0 Å². The van der Waals surface area contributed by atoms with Crippen LogP contribution in [0.15, 0.2) is 12.4 Å². The molecule has 3 rings (SSSR count). The first kappa shape index (κ1) is 13.7. The van der Waals surface area contributed by atoms with Crippen LogP contribution in [-0.4, -0.2) is 22.6 Å². The van der Waals surface area contributed by atoms with Gasteiger partial charge >= 0.3 is 0 Å². The molecule has 4 nitrogen and oxygen atoms in total. The molecule has 1 aromatic heterocycles. The van der Waals surface area contributed by atoms with Gasteiger partial charge in [-0.2, -0.15) is 0 Å². The lowest BCUT2D eigenvalue weighted by Crippen LogP contribution is -2.46. The van der Waals surface area contributed by atoms with Gasteiger partial charge in [-0.15, -0.1) is 0 Å². The van der Waals surface area contributed by atoms with Crippen LogP contribution >= 0.6 is 0 Å². The smallest absolute Gasteiger partial charge is 0.147 e. The van der Waals surface area contributed by atoms with Crippen molar-refractivity contribution in [2.45, 2.75) is 53.0 Å². The SMILES string of the molecule is CCNc1cncc(NC2C3(C)CCC(C3)C2(C)C)n1. The maximum absolute atomic E-state index is 4.62. The van der Waals surface area contributed by atoms with E-state index in [0.717, 1.165) is 24.1 Å². The standard InChI is InChI=1S/C16H26N4/c1-5-18-12-9-17-10-13(19-12)20-14-15(2,3)11-6-7-16(14,4)8-11/h9-11,14H,5-8H2,1-4H3,(H2,18,19,20). The van der Waals surface area contributed by atoms with Crippen LogP contribution in [0.3, 0.4) is 0 Å². The molecule has 2 fully saturated rings. The fourth-order valence-corrected chi connectivity index (χ4v) is 4.51. The van der Waals surface area contributed by atoms with Crippen LogP contribution in [0.1, 0.15) is 47.0 Å². The first-order chi connectivity index (χ1) is 9.45. The molecule has 110 valence electrons. The molecule has 1 heterocycles. The summed E-state index contributed by atoms with van der Waals surface area (Å²) in [4.78, 5) is 8.91. The Labute approximate surface area is 121 Å². The molecule has 3 atom stereocenters. The molecule has 0 spiro atoms. The lowest BCUT2D eigenvalue weighted by molar-refractivity contribution is 0.155. The first-order valence-corrected chi connectivity index (χ1v) is 7.78. The number of hydrogen-bond donors (Lipinski definition) is 2. The molecule has 2 aliphatic carbocycles. The van der Waals surface area contributed by atoms with Gasteiger partial charge < -0.3 is 10.6 Å². The molecule has 20 heavy (non-hydrogen) atoms. The molecule has 0 saturated heterocycles. The molecule has 0 aliphatic heterocycles. The van der Waals surface area contributed by atoms with Gasteiger partial charge in [0.1, 0.15) is 11.6 Å². The summed E-state index contributed by atoms with van der Waals surface area (Å²) in [6, 6.07) is 0.486. The summed E-state index contributed by atoms with van der Waals surface area (Å²) in [7, 11) is 0. The summed E-state index contributed by atoms with van der Waals surface area (Å²) in [5, 5.41) is 6.91. The van der Waals surface area contributed by atoms with Crippen LogP contribution in [0.4, 0.5) is 11.6 Å². The fourth-order valence-electron chi connectivity index (χ4n) is 4.51. The predicted octanol–water partition coefficient (Wildman–Crippen LogP) is 3.54. The van der Waals surface area contributed by atoms with Gasteiger partial charge in [0.2, 0.25) is 0 Å². The zero-order chi connectivity index (χ0) is 14.4. The Kier molecular flexibility index (Phi) is 3.14. The maximum Gasteiger partial charge on any atom is 0.147 e. The van der Waals surface area contributed by atoms with Crippen molar-refractivity contribution in [2.75, 3.05) is 17.2 Å². The summed E-state index contributed by atoms with van der Waals surface area (Å²) in [6.07, 6.45) is 7.68. The average Bonchev–Trinajstić information content (AvgIpc) is 2.87. The van der Waals surface area contributed by atoms with Crippen LogP contribution in [0.2, 0.25) is 0 Å². The van der Waals surface area contributed by atoms with Crippen molar-refractivity contribution in [1.29, 1.82) is 0 Å². The minimum absolute atomic E-state index is 0.336. The van der Waals surface area contributed by atoms with Crippen molar-refractivity contribution >= 4 is 11.6 Å². The molecule has 0 radical (unpaired) electrons. The van der Waals surface area contributed by atoms with E-state index in [-0.39, 0.29) is 0 Å². The number of anilines is 2. The molecule has 2 saturated carbocycles. The highest BCUT2D eigenvalue weighted by molar-refractivity contribution is 5.43. The Balaban J connectivity index is 1.82. The highest BCUT2D eigenvalue weighted by Crippen LogP contribution is 2.62. The Hall–Kier alpha value is -1.32. The van der Waals surface area contributed by atoms with Crippen LogP contribution < -0.4 is 10.6 Å². The van der Waals surface area contributed by atoms with Crippen LogP contribution in [0.5, 0.6) is 0 Å². The number of aromatic nitrogens is 2. The van der Waals surface area contributed by atoms with Gasteiger partial charge in [0.25, 0.3) is 0 Å². The Bertz CT molecular complexity index is 494. The minimum atomic E-state index is 0.336. The van der Waals surface area contributed by atoms with E-state index in [9.17, 15) is 0 Å². The van der Waals surface area contributed by atoms with Gasteiger partial charge in [0.05, 0.1) is 12.4 Å². The van der Waals surface area contributed by atoms with Gasteiger partial charge in [-0.1, -0.05) is 20.8 Å². The molecule has 4 heteroatoms. The second-order valence-electron chi connectivity index (χ2n) is 7.31. The summed E-state index contributed by atoms with van der Waals surface area (Å²) >= 11 is 0. The molecule has 3 unspecified atom stereocenters. The highest BCUT2D eigenvalue weighted by atomic mass is 15.1. The van der Waals surface area contributed by atoms with Crippen LogP contribution in [0, 0.1) is 16.7 Å². The summed E-state index contributed by atoms with van der Waals surface area (Å²) in [6.45, 7) is 10.2. The number of fused-ring (bicyclic) bond motifs is 2. The molecule has 1 aromatic rings. The van der Waals surface area contributed by atoms with Crippen LogP contribution in [-0.2, 0) is 0 Å². The Morgan fingerprint density at radius 1 is 1.25 bits per heavy atom. The minimum Gasteiger partial charge on any atom is -0.369 e. The third-order valence-corrected chi connectivity index (χ3v) is 5.55. The van der Waals surface area contributed by atoms with E-state index in [1.165, 1.54) is 19.3 Å². The molecule has 2 bridgehead atoms.